The Hall–Kier alpha value is -1.31. The quantitative estimate of drug-likeness (QED) is 0.372. The summed E-state index contributed by atoms with van der Waals surface area (Å²) in [5.41, 5.74) is -2.18. The van der Waals surface area contributed by atoms with Gasteiger partial charge in [-0.15, -0.1) is 0 Å². The van der Waals surface area contributed by atoms with Crippen LogP contribution in [-0.2, 0) is 12.4 Å². The summed E-state index contributed by atoms with van der Waals surface area (Å²) in [4.78, 5) is 0. The van der Waals surface area contributed by atoms with Crippen LogP contribution in [0, 0.1) is 0 Å². The van der Waals surface area contributed by atoms with Crippen molar-refractivity contribution in [2.75, 3.05) is 0 Å². The van der Waals surface area contributed by atoms with Crippen LogP contribution >= 0.6 is 0 Å². The van der Waals surface area contributed by atoms with Gasteiger partial charge in [0.15, 0.2) is 0 Å². The van der Waals surface area contributed by atoms with Gasteiger partial charge in [-0.3, -0.25) is 0 Å². The summed E-state index contributed by atoms with van der Waals surface area (Å²) < 4.78 is 110. The van der Waals surface area contributed by atoms with Crippen LogP contribution in [0.3, 0.4) is 0 Å². The van der Waals surface area contributed by atoms with Crippen LogP contribution in [0.15, 0.2) is 48.5 Å². The average Bonchev–Trinajstić information content (AvgIpc) is 2.45. The van der Waals surface area contributed by atoms with Crippen LogP contribution in [-0.4, -0.2) is 25.6 Å². The van der Waals surface area contributed by atoms with Gasteiger partial charge in [0.1, 0.15) is 0 Å². The molecule has 0 nitrogen and oxygen atoms in total. The van der Waals surface area contributed by atoms with Gasteiger partial charge in [-0.1, -0.05) is 0 Å². The van der Waals surface area contributed by atoms with Crippen molar-refractivity contribution in [3.05, 3.63) is 59.7 Å². The SMILES string of the molecule is FC(F)(F)c1cc[c]([Bi]([c]2ccc(C(F)(F)F)cc2)[C](F)(F)F)cc1. The molecule has 0 aliphatic heterocycles. The molecule has 2 aromatic rings. The molecule has 0 spiro atoms. The van der Waals surface area contributed by atoms with E-state index >= 15 is 0 Å². The Labute approximate surface area is 143 Å². The molecular formula is C15H8BiF9. The summed E-state index contributed by atoms with van der Waals surface area (Å²) in [5, 5.41) is 0. The number of halogens is 9. The number of hydrogen-bond donors (Lipinski definition) is 0. The van der Waals surface area contributed by atoms with Gasteiger partial charge in [0.2, 0.25) is 0 Å². The third-order valence-corrected chi connectivity index (χ3v) is 11.5. The van der Waals surface area contributed by atoms with E-state index in [9.17, 15) is 39.5 Å². The first-order valence-corrected chi connectivity index (χ1v) is 11.7. The summed E-state index contributed by atoms with van der Waals surface area (Å²) in [6.45, 7) is 0. The van der Waals surface area contributed by atoms with Crippen molar-refractivity contribution in [3.63, 3.8) is 0 Å². The second-order valence-electron chi connectivity index (χ2n) is 4.89. The molecule has 0 radical (unpaired) electrons. The van der Waals surface area contributed by atoms with E-state index in [0.717, 1.165) is 24.3 Å². The van der Waals surface area contributed by atoms with Crippen LogP contribution in [0.2, 0.25) is 0 Å². The zero-order valence-corrected chi connectivity index (χ0v) is 15.4. The van der Waals surface area contributed by atoms with E-state index in [1.165, 1.54) is 0 Å². The van der Waals surface area contributed by atoms with Crippen molar-refractivity contribution in [2.45, 2.75) is 16.2 Å². The zero-order chi connectivity index (χ0) is 19.0. The van der Waals surface area contributed by atoms with E-state index in [1.54, 1.807) is 0 Å². The molecule has 2 aromatic carbocycles. The van der Waals surface area contributed by atoms with Gasteiger partial charge in [0.25, 0.3) is 0 Å². The first-order chi connectivity index (χ1) is 11.3. The normalized spacial score (nSPS) is 13.4. The Morgan fingerprint density at radius 1 is 0.480 bits per heavy atom. The fourth-order valence-corrected chi connectivity index (χ4v) is 8.95. The average molecular weight is 568 g/mol. The zero-order valence-electron chi connectivity index (χ0n) is 12.0. The molecule has 0 fully saturated rings. The first kappa shape index (κ1) is 20.0. The summed E-state index contributed by atoms with van der Waals surface area (Å²) in [7, 11) is 0. The van der Waals surface area contributed by atoms with Crippen LogP contribution in [0.4, 0.5) is 39.5 Å². The van der Waals surface area contributed by atoms with Gasteiger partial charge in [-0.2, -0.15) is 0 Å². The monoisotopic (exact) mass is 568 g/mol. The Bertz CT molecular complexity index is 652. The molecule has 0 N–H and O–H groups in total. The van der Waals surface area contributed by atoms with Gasteiger partial charge in [0.05, 0.1) is 0 Å². The van der Waals surface area contributed by atoms with Gasteiger partial charge in [-0.05, 0) is 0 Å². The van der Waals surface area contributed by atoms with Crippen LogP contribution in [0.5, 0.6) is 0 Å². The van der Waals surface area contributed by atoms with Crippen molar-refractivity contribution in [1.82, 2.24) is 0 Å². The Morgan fingerprint density at radius 3 is 0.960 bits per heavy atom. The third-order valence-electron chi connectivity index (χ3n) is 3.16. The molecule has 0 heterocycles. The fourth-order valence-electron chi connectivity index (χ4n) is 2.04. The molecule has 0 atom stereocenters. The maximum absolute atomic E-state index is 13.4. The second-order valence-corrected chi connectivity index (χ2v) is 13.5. The maximum atomic E-state index is 13.4. The van der Waals surface area contributed by atoms with Crippen molar-refractivity contribution < 1.29 is 39.5 Å². The molecule has 2 rings (SSSR count). The summed E-state index contributed by atoms with van der Waals surface area (Å²) >= 11 is -4.81. The summed E-state index contributed by atoms with van der Waals surface area (Å²) in [6, 6.07) is 5.22. The third kappa shape index (κ3) is 4.86. The van der Waals surface area contributed by atoms with E-state index < -0.39 is 49.1 Å². The molecule has 10 heteroatoms. The van der Waals surface area contributed by atoms with Crippen molar-refractivity contribution in [2.24, 2.45) is 0 Å². The first-order valence-electron chi connectivity index (χ1n) is 6.51. The van der Waals surface area contributed by atoms with Crippen LogP contribution in [0.1, 0.15) is 11.1 Å². The molecule has 136 valence electrons. The van der Waals surface area contributed by atoms with Crippen molar-refractivity contribution in [3.8, 4) is 0 Å². The van der Waals surface area contributed by atoms with E-state index in [-0.39, 0.29) is 6.54 Å². The van der Waals surface area contributed by atoms with Gasteiger partial charge < -0.3 is 0 Å². The van der Waals surface area contributed by atoms with Gasteiger partial charge >= 0.3 is 144 Å². The number of rotatable bonds is 2. The minimum atomic E-state index is -4.81. The standard InChI is InChI=1S/2C7H4F3.CF3.Bi/c2*8-7(9,10)6-4-2-1-3-5-6;2-1(3)4;/h2*2-5H;;. The van der Waals surface area contributed by atoms with Gasteiger partial charge in [0, 0.05) is 0 Å². The molecule has 0 bridgehead atoms. The Balaban J connectivity index is 2.44. The molecule has 0 aliphatic carbocycles. The summed E-state index contributed by atoms with van der Waals surface area (Å²) in [6.07, 6.45) is -9.37. The number of hydrogen-bond acceptors (Lipinski definition) is 0. The molecule has 0 aromatic heterocycles. The van der Waals surface area contributed by atoms with E-state index in [0.29, 0.717) is 24.3 Å². The Kier molecular flexibility index (Phi) is 5.43. The fraction of sp³-hybridized carbons (Fsp3) is 0.200. The molecule has 0 amide bonds. The molecule has 0 unspecified atom stereocenters. The van der Waals surface area contributed by atoms with Gasteiger partial charge in [-0.25, -0.2) is 0 Å². The van der Waals surface area contributed by atoms with E-state index in [2.05, 4.69) is 0 Å². The van der Waals surface area contributed by atoms with Crippen LogP contribution in [0.25, 0.3) is 0 Å². The van der Waals surface area contributed by atoms with E-state index in [4.69, 9.17) is 0 Å². The number of benzene rings is 2. The molecule has 0 saturated carbocycles. The molecule has 25 heavy (non-hydrogen) atoms. The summed E-state index contributed by atoms with van der Waals surface area (Å²) in [5.74, 6) is 0. The van der Waals surface area contributed by atoms with Crippen LogP contribution < -0.4 is 6.54 Å². The predicted molar refractivity (Wildman–Crippen MR) is 74.0 cm³/mol. The second kappa shape index (κ2) is 6.78. The topological polar surface area (TPSA) is 0 Å². The van der Waals surface area contributed by atoms with Crippen molar-refractivity contribution in [1.29, 1.82) is 0 Å². The predicted octanol–water partition coefficient (Wildman–Crippen LogP) is 4.43. The Morgan fingerprint density at radius 2 is 0.760 bits per heavy atom. The molecule has 0 saturated heterocycles. The molecular weight excluding hydrogens is 560 g/mol. The minimum absolute atomic E-state index is 0.296. The number of alkyl halides is 9. The molecule has 0 aliphatic rings. The van der Waals surface area contributed by atoms with Crippen molar-refractivity contribution >= 4 is 28.3 Å². The van der Waals surface area contributed by atoms with E-state index in [1.807, 2.05) is 0 Å².